The maximum atomic E-state index is 11.9. The molecule has 7 nitrogen and oxygen atoms in total. The van der Waals surface area contributed by atoms with E-state index in [-0.39, 0.29) is 5.97 Å². The molecule has 1 heterocycles. The molecule has 0 aliphatic heterocycles. The van der Waals surface area contributed by atoms with Gasteiger partial charge in [-0.1, -0.05) is 5.16 Å². The van der Waals surface area contributed by atoms with Crippen LogP contribution in [-0.2, 0) is 30.8 Å². The minimum atomic E-state index is -0.696. The van der Waals surface area contributed by atoms with Crippen LogP contribution >= 0.6 is 0 Å². The van der Waals surface area contributed by atoms with Crippen molar-refractivity contribution in [2.45, 2.75) is 31.6 Å². The fourth-order valence-corrected chi connectivity index (χ4v) is 1.86. The second-order valence-electron chi connectivity index (χ2n) is 4.67. The van der Waals surface area contributed by atoms with Gasteiger partial charge in [-0.3, -0.25) is 4.79 Å². The van der Waals surface area contributed by atoms with Crippen LogP contribution in [0.15, 0.2) is 4.52 Å². The van der Waals surface area contributed by atoms with E-state index in [4.69, 9.17) is 18.7 Å². The molecule has 0 unspecified atom stereocenters. The van der Waals surface area contributed by atoms with Gasteiger partial charge in [-0.15, -0.1) is 0 Å². The first kappa shape index (κ1) is 14.9. The molecule has 1 aliphatic rings. The molecule has 1 aromatic rings. The van der Waals surface area contributed by atoms with Gasteiger partial charge >= 0.3 is 5.97 Å². The highest BCUT2D eigenvalue weighted by molar-refractivity contribution is 5.85. The quantitative estimate of drug-likeness (QED) is 0.491. The van der Waals surface area contributed by atoms with E-state index in [9.17, 15) is 4.79 Å². The molecule has 0 radical (unpaired) electrons. The Morgan fingerprint density at radius 1 is 1.35 bits per heavy atom. The Kier molecular flexibility index (Phi) is 5.08. The van der Waals surface area contributed by atoms with Crippen molar-refractivity contribution in [2.75, 3.05) is 33.5 Å². The minimum absolute atomic E-state index is 0.272. The van der Waals surface area contributed by atoms with Gasteiger partial charge in [-0.05, 0) is 19.8 Å². The van der Waals surface area contributed by atoms with Crippen LogP contribution in [0.4, 0.5) is 0 Å². The molecule has 2 rings (SSSR count). The maximum Gasteiger partial charge on any atom is 0.321 e. The highest BCUT2D eigenvalue weighted by Gasteiger charge is 2.57. The van der Waals surface area contributed by atoms with Crippen LogP contribution in [0.25, 0.3) is 0 Å². The smallest absolute Gasteiger partial charge is 0.321 e. The summed E-state index contributed by atoms with van der Waals surface area (Å²) in [6.45, 7) is 3.73. The monoisotopic (exact) mass is 284 g/mol. The molecule has 0 saturated heterocycles. The van der Waals surface area contributed by atoms with Crippen LogP contribution in [0, 0.1) is 0 Å². The second-order valence-corrected chi connectivity index (χ2v) is 4.67. The van der Waals surface area contributed by atoms with Crippen LogP contribution < -0.4 is 0 Å². The molecule has 1 aromatic heterocycles. The first-order valence-electron chi connectivity index (χ1n) is 6.80. The van der Waals surface area contributed by atoms with E-state index in [0.29, 0.717) is 57.4 Å². The van der Waals surface area contributed by atoms with Crippen molar-refractivity contribution >= 4 is 5.97 Å². The zero-order chi connectivity index (χ0) is 14.4. The van der Waals surface area contributed by atoms with Crippen molar-refractivity contribution < 1.29 is 23.5 Å². The predicted molar refractivity (Wildman–Crippen MR) is 68.2 cm³/mol. The second kappa shape index (κ2) is 6.81. The largest absolute Gasteiger partial charge is 0.465 e. The summed E-state index contributed by atoms with van der Waals surface area (Å²) >= 11 is 0. The SMILES string of the molecule is CCOC(=O)C1(c2nc(CCOCCOC)no2)CC1. The first-order chi connectivity index (χ1) is 9.73. The number of carbonyl (C=O) groups excluding carboxylic acids is 1. The summed E-state index contributed by atoms with van der Waals surface area (Å²) in [5.74, 6) is 0.641. The van der Waals surface area contributed by atoms with Gasteiger partial charge in [0.1, 0.15) is 5.41 Å². The van der Waals surface area contributed by atoms with Crippen LogP contribution in [0.1, 0.15) is 31.5 Å². The minimum Gasteiger partial charge on any atom is -0.465 e. The Balaban J connectivity index is 1.84. The number of rotatable bonds is 9. The maximum absolute atomic E-state index is 11.9. The number of hydrogen-bond acceptors (Lipinski definition) is 7. The van der Waals surface area contributed by atoms with Crippen molar-refractivity contribution in [3.8, 4) is 0 Å². The summed E-state index contributed by atoms with van der Waals surface area (Å²) in [7, 11) is 1.62. The molecule has 0 atom stereocenters. The topological polar surface area (TPSA) is 83.7 Å². The first-order valence-corrected chi connectivity index (χ1v) is 6.80. The van der Waals surface area contributed by atoms with E-state index in [1.54, 1.807) is 14.0 Å². The molecular weight excluding hydrogens is 264 g/mol. The normalized spacial score (nSPS) is 16.1. The van der Waals surface area contributed by atoms with E-state index < -0.39 is 5.41 Å². The Morgan fingerprint density at radius 3 is 2.80 bits per heavy atom. The summed E-state index contributed by atoms with van der Waals surface area (Å²) < 4.78 is 20.5. The van der Waals surface area contributed by atoms with E-state index in [2.05, 4.69) is 10.1 Å². The van der Waals surface area contributed by atoms with Crippen molar-refractivity contribution in [3.05, 3.63) is 11.7 Å². The zero-order valence-electron chi connectivity index (χ0n) is 11.9. The molecule has 1 aliphatic carbocycles. The summed E-state index contributed by atoms with van der Waals surface area (Å²) in [6, 6.07) is 0. The highest BCUT2D eigenvalue weighted by Crippen LogP contribution is 2.48. The number of carbonyl (C=O) groups is 1. The average Bonchev–Trinajstić information content (AvgIpc) is 3.13. The van der Waals surface area contributed by atoms with Crippen LogP contribution in [0.5, 0.6) is 0 Å². The van der Waals surface area contributed by atoms with E-state index in [1.165, 1.54) is 0 Å². The summed E-state index contributed by atoms with van der Waals surface area (Å²) in [5.41, 5.74) is -0.696. The summed E-state index contributed by atoms with van der Waals surface area (Å²) in [6.07, 6.45) is 1.96. The lowest BCUT2D eigenvalue weighted by atomic mass is 10.1. The molecule has 0 N–H and O–H groups in total. The van der Waals surface area contributed by atoms with Gasteiger partial charge in [0, 0.05) is 13.5 Å². The highest BCUT2D eigenvalue weighted by atomic mass is 16.5. The Labute approximate surface area is 117 Å². The fourth-order valence-electron chi connectivity index (χ4n) is 1.86. The van der Waals surface area contributed by atoms with E-state index >= 15 is 0 Å². The molecule has 1 saturated carbocycles. The van der Waals surface area contributed by atoms with Crippen LogP contribution in [0.2, 0.25) is 0 Å². The van der Waals surface area contributed by atoms with Crippen molar-refractivity contribution in [1.82, 2.24) is 10.1 Å². The summed E-state index contributed by atoms with van der Waals surface area (Å²) in [5, 5.41) is 3.88. The lowest BCUT2D eigenvalue weighted by molar-refractivity contribution is -0.146. The summed E-state index contributed by atoms with van der Waals surface area (Å²) in [4.78, 5) is 16.2. The Hall–Kier alpha value is -1.47. The number of hydrogen-bond donors (Lipinski definition) is 0. The van der Waals surface area contributed by atoms with E-state index in [1.807, 2.05) is 0 Å². The standard InChI is InChI=1S/C13H20N2O5/c1-3-19-12(16)13(5-6-13)11-14-10(15-20-11)4-7-18-9-8-17-2/h3-9H2,1-2H3. The fraction of sp³-hybridized carbons (Fsp3) is 0.769. The van der Waals surface area contributed by atoms with E-state index in [0.717, 1.165) is 0 Å². The van der Waals surface area contributed by atoms with Crippen LogP contribution in [0.3, 0.4) is 0 Å². The van der Waals surface area contributed by atoms with Gasteiger partial charge in [0.2, 0.25) is 5.89 Å². The number of aromatic nitrogens is 2. The average molecular weight is 284 g/mol. The van der Waals surface area contributed by atoms with Crippen molar-refractivity contribution in [1.29, 1.82) is 0 Å². The molecule has 7 heteroatoms. The Morgan fingerprint density at radius 2 is 2.15 bits per heavy atom. The van der Waals surface area contributed by atoms with Gasteiger partial charge in [0.25, 0.3) is 0 Å². The Bertz CT molecular complexity index is 442. The number of methoxy groups -OCH3 is 1. The predicted octanol–water partition coefficient (Wildman–Crippen LogP) is 0.870. The molecule has 0 spiro atoms. The van der Waals surface area contributed by atoms with Crippen molar-refractivity contribution in [3.63, 3.8) is 0 Å². The molecular formula is C13H20N2O5. The lowest BCUT2D eigenvalue weighted by Crippen LogP contribution is -2.23. The van der Waals surface area contributed by atoms with Gasteiger partial charge in [-0.2, -0.15) is 4.98 Å². The van der Waals surface area contributed by atoms with Crippen molar-refractivity contribution in [2.24, 2.45) is 0 Å². The molecule has 20 heavy (non-hydrogen) atoms. The molecule has 0 amide bonds. The number of nitrogens with zero attached hydrogens (tertiary/aromatic N) is 2. The molecule has 1 fully saturated rings. The van der Waals surface area contributed by atoms with Gasteiger partial charge < -0.3 is 18.7 Å². The zero-order valence-corrected chi connectivity index (χ0v) is 11.9. The third-order valence-electron chi connectivity index (χ3n) is 3.20. The number of esters is 1. The molecule has 0 bridgehead atoms. The van der Waals surface area contributed by atoms with Gasteiger partial charge in [0.05, 0.1) is 26.4 Å². The number of ether oxygens (including phenoxy) is 3. The lowest BCUT2D eigenvalue weighted by Gasteiger charge is -2.08. The molecule has 112 valence electrons. The third-order valence-corrected chi connectivity index (χ3v) is 3.20. The van der Waals surface area contributed by atoms with Crippen LogP contribution in [-0.4, -0.2) is 49.6 Å². The molecule has 0 aromatic carbocycles. The van der Waals surface area contributed by atoms with Gasteiger partial charge in [-0.25, -0.2) is 0 Å². The third kappa shape index (κ3) is 3.34. The van der Waals surface area contributed by atoms with Gasteiger partial charge in [0.15, 0.2) is 5.82 Å².